The van der Waals surface area contributed by atoms with Crippen LogP contribution in [0.5, 0.6) is 5.75 Å². The fraction of sp³-hybridized carbons (Fsp3) is 0.562. The molecule has 22 heavy (non-hydrogen) atoms. The molecular formula is C16H22FN3O2. The van der Waals surface area contributed by atoms with Crippen LogP contribution >= 0.6 is 0 Å². The third-order valence-electron chi connectivity index (χ3n) is 3.92. The predicted octanol–water partition coefficient (Wildman–Crippen LogP) is 1.81. The first kappa shape index (κ1) is 15.1. The van der Waals surface area contributed by atoms with Crippen LogP contribution in [0.4, 0.5) is 4.39 Å². The Morgan fingerprint density at radius 1 is 1.36 bits per heavy atom. The summed E-state index contributed by atoms with van der Waals surface area (Å²) in [4.78, 5) is 4.19. The average molecular weight is 307 g/mol. The zero-order chi connectivity index (χ0) is 15.4. The molecule has 1 fully saturated rings. The van der Waals surface area contributed by atoms with Crippen molar-refractivity contribution >= 4 is 5.96 Å². The molecule has 120 valence electrons. The third kappa shape index (κ3) is 3.88. The summed E-state index contributed by atoms with van der Waals surface area (Å²) in [5.41, 5.74) is 1.64. The van der Waals surface area contributed by atoms with Crippen LogP contribution in [0.2, 0.25) is 0 Å². The molecule has 0 unspecified atom stereocenters. The van der Waals surface area contributed by atoms with Crippen molar-refractivity contribution in [3.8, 4) is 5.75 Å². The fourth-order valence-corrected chi connectivity index (χ4v) is 2.54. The number of rotatable bonds is 5. The third-order valence-corrected chi connectivity index (χ3v) is 3.92. The van der Waals surface area contributed by atoms with Gasteiger partial charge in [-0.3, -0.25) is 4.99 Å². The van der Waals surface area contributed by atoms with Gasteiger partial charge in [-0.2, -0.15) is 0 Å². The number of fused-ring (bicyclic) bond motifs is 1. The molecule has 0 amide bonds. The number of aliphatic imine (C=N–C) groups is 1. The van der Waals surface area contributed by atoms with Crippen molar-refractivity contribution in [2.45, 2.75) is 25.9 Å². The summed E-state index contributed by atoms with van der Waals surface area (Å²) in [5, 5.41) is 6.56. The van der Waals surface area contributed by atoms with Gasteiger partial charge in [0.25, 0.3) is 0 Å². The minimum Gasteiger partial charge on any atom is -0.467 e. The summed E-state index contributed by atoms with van der Waals surface area (Å²) in [6, 6.07) is 3.01. The molecule has 2 aliphatic rings. The number of nitrogens with zero attached hydrogens (tertiary/aromatic N) is 1. The lowest BCUT2D eigenvalue weighted by atomic mass is 10.1. The highest BCUT2D eigenvalue weighted by atomic mass is 19.1. The van der Waals surface area contributed by atoms with E-state index in [9.17, 15) is 4.39 Å². The Labute approximate surface area is 129 Å². The fourth-order valence-electron chi connectivity index (χ4n) is 2.54. The van der Waals surface area contributed by atoms with E-state index in [2.05, 4.69) is 15.6 Å². The topological polar surface area (TPSA) is 54.9 Å². The summed E-state index contributed by atoms with van der Waals surface area (Å²) in [6.07, 6.45) is 3.28. The first-order chi connectivity index (χ1) is 10.8. The van der Waals surface area contributed by atoms with Crippen LogP contribution in [0.3, 0.4) is 0 Å². The van der Waals surface area contributed by atoms with Gasteiger partial charge < -0.3 is 20.1 Å². The van der Waals surface area contributed by atoms with Crippen LogP contribution < -0.4 is 15.4 Å². The minimum atomic E-state index is -0.251. The van der Waals surface area contributed by atoms with Gasteiger partial charge >= 0.3 is 0 Å². The molecule has 0 atom stereocenters. The summed E-state index contributed by atoms with van der Waals surface area (Å²) in [7, 11) is 1.76. The van der Waals surface area contributed by atoms with E-state index >= 15 is 0 Å². The molecule has 2 N–H and O–H groups in total. The van der Waals surface area contributed by atoms with Gasteiger partial charge in [0.2, 0.25) is 0 Å². The highest BCUT2D eigenvalue weighted by Crippen LogP contribution is 2.29. The standard InChI is InChI=1S/C16H22FN3O2/c1-18-16(20-8-11-2-3-11)19-5-4-12-6-14(17)7-13-9-21-10-22-15(12)13/h6-7,11H,2-5,8-10H2,1H3,(H2,18,19,20). The van der Waals surface area contributed by atoms with Gasteiger partial charge in [-0.15, -0.1) is 0 Å². The molecule has 0 bridgehead atoms. The van der Waals surface area contributed by atoms with Crippen molar-refractivity contribution in [2.24, 2.45) is 10.9 Å². The second-order valence-electron chi connectivity index (χ2n) is 5.74. The van der Waals surface area contributed by atoms with Crippen LogP contribution in [-0.4, -0.2) is 32.9 Å². The van der Waals surface area contributed by atoms with E-state index in [1.807, 2.05) is 0 Å². The zero-order valence-electron chi connectivity index (χ0n) is 12.8. The summed E-state index contributed by atoms with van der Waals surface area (Å²) >= 11 is 0. The normalized spacial score (nSPS) is 17.6. The molecule has 1 aromatic rings. The molecular weight excluding hydrogens is 285 g/mol. The molecule has 1 heterocycles. The Hall–Kier alpha value is -1.82. The monoisotopic (exact) mass is 307 g/mol. The highest BCUT2D eigenvalue weighted by Gasteiger charge is 2.21. The Kier molecular flexibility index (Phi) is 4.77. The van der Waals surface area contributed by atoms with Gasteiger partial charge in [0.15, 0.2) is 12.8 Å². The Balaban J connectivity index is 1.55. The number of hydrogen-bond acceptors (Lipinski definition) is 3. The first-order valence-electron chi connectivity index (χ1n) is 7.72. The lowest BCUT2D eigenvalue weighted by molar-refractivity contribution is -0.0172. The van der Waals surface area contributed by atoms with Crippen molar-refractivity contribution < 1.29 is 13.9 Å². The number of benzene rings is 1. The number of hydrogen-bond donors (Lipinski definition) is 2. The van der Waals surface area contributed by atoms with E-state index in [4.69, 9.17) is 9.47 Å². The lowest BCUT2D eigenvalue weighted by Crippen LogP contribution is -2.39. The zero-order valence-corrected chi connectivity index (χ0v) is 12.8. The van der Waals surface area contributed by atoms with Crippen LogP contribution in [0, 0.1) is 11.7 Å². The lowest BCUT2D eigenvalue weighted by Gasteiger charge is -2.21. The quantitative estimate of drug-likeness (QED) is 0.643. The van der Waals surface area contributed by atoms with Gasteiger partial charge in [0, 0.05) is 25.7 Å². The van der Waals surface area contributed by atoms with E-state index in [1.54, 1.807) is 7.05 Å². The maximum atomic E-state index is 13.7. The molecule has 6 heteroatoms. The van der Waals surface area contributed by atoms with Crippen molar-refractivity contribution in [1.29, 1.82) is 0 Å². The van der Waals surface area contributed by atoms with E-state index in [1.165, 1.54) is 25.0 Å². The molecule has 0 saturated heterocycles. The maximum Gasteiger partial charge on any atom is 0.190 e. The van der Waals surface area contributed by atoms with Gasteiger partial charge in [-0.25, -0.2) is 4.39 Å². The van der Waals surface area contributed by atoms with Crippen molar-refractivity contribution in [1.82, 2.24) is 10.6 Å². The molecule has 0 spiro atoms. The predicted molar refractivity (Wildman–Crippen MR) is 82.5 cm³/mol. The Bertz CT molecular complexity index is 559. The molecule has 1 saturated carbocycles. The second-order valence-corrected chi connectivity index (χ2v) is 5.74. The van der Waals surface area contributed by atoms with Gasteiger partial charge in [0.1, 0.15) is 11.6 Å². The second kappa shape index (κ2) is 6.96. The van der Waals surface area contributed by atoms with Gasteiger partial charge in [-0.1, -0.05) is 0 Å². The molecule has 0 radical (unpaired) electrons. The number of guanidine groups is 1. The van der Waals surface area contributed by atoms with E-state index < -0.39 is 0 Å². The van der Waals surface area contributed by atoms with Crippen LogP contribution in [0.1, 0.15) is 24.0 Å². The molecule has 0 aromatic heterocycles. The first-order valence-corrected chi connectivity index (χ1v) is 7.72. The van der Waals surface area contributed by atoms with E-state index in [0.29, 0.717) is 19.6 Å². The Morgan fingerprint density at radius 3 is 3.00 bits per heavy atom. The van der Waals surface area contributed by atoms with Crippen molar-refractivity contribution in [2.75, 3.05) is 26.9 Å². The SMILES string of the molecule is CN=C(NCCc1cc(F)cc2c1OCOC2)NCC1CC1. The van der Waals surface area contributed by atoms with Crippen LogP contribution in [-0.2, 0) is 17.8 Å². The van der Waals surface area contributed by atoms with E-state index in [-0.39, 0.29) is 12.6 Å². The molecule has 5 nitrogen and oxygen atoms in total. The molecule has 3 rings (SSSR count). The number of halogens is 1. The summed E-state index contributed by atoms with van der Waals surface area (Å²) < 4.78 is 24.4. The number of nitrogens with one attached hydrogen (secondary N) is 2. The number of ether oxygens (including phenoxy) is 2. The average Bonchev–Trinajstić information content (AvgIpc) is 3.34. The van der Waals surface area contributed by atoms with Gasteiger partial charge in [0.05, 0.1) is 6.61 Å². The largest absolute Gasteiger partial charge is 0.467 e. The summed E-state index contributed by atoms with van der Waals surface area (Å²) in [5.74, 6) is 2.10. The van der Waals surface area contributed by atoms with Crippen molar-refractivity contribution in [3.05, 3.63) is 29.1 Å². The van der Waals surface area contributed by atoms with Gasteiger partial charge in [-0.05, 0) is 42.9 Å². The van der Waals surface area contributed by atoms with E-state index in [0.717, 1.165) is 35.3 Å². The summed E-state index contributed by atoms with van der Waals surface area (Å²) in [6.45, 7) is 2.27. The maximum absolute atomic E-state index is 13.7. The minimum absolute atomic E-state index is 0.226. The highest BCUT2D eigenvalue weighted by molar-refractivity contribution is 5.79. The van der Waals surface area contributed by atoms with Crippen LogP contribution in [0.25, 0.3) is 0 Å². The molecule has 1 aromatic carbocycles. The van der Waals surface area contributed by atoms with Crippen LogP contribution in [0.15, 0.2) is 17.1 Å². The Morgan fingerprint density at radius 2 is 2.23 bits per heavy atom. The molecule has 1 aliphatic carbocycles. The van der Waals surface area contributed by atoms with Crippen molar-refractivity contribution in [3.63, 3.8) is 0 Å². The smallest absolute Gasteiger partial charge is 0.190 e. The molecule has 1 aliphatic heterocycles.